The van der Waals surface area contributed by atoms with E-state index in [1.54, 1.807) is 48.5 Å². The Kier molecular flexibility index (Phi) is 8.69. The van der Waals surface area contributed by atoms with Gasteiger partial charge >= 0.3 is 0 Å². The first-order valence-corrected chi connectivity index (χ1v) is 9.83. The summed E-state index contributed by atoms with van der Waals surface area (Å²) < 4.78 is 0. The lowest BCUT2D eigenvalue weighted by Crippen LogP contribution is -2.25. The van der Waals surface area contributed by atoms with Crippen LogP contribution in [0.2, 0.25) is 0 Å². The van der Waals surface area contributed by atoms with Gasteiger partial charge in [0.15, 0.2) is 0 Å². The van der Waals surface area contributed by atoms with Crippen molar-refractivity contribution in [3.8, 4) is 0 Å². The molecule has 2 rings (SSSR count). The van der Waals surface area contributed by atoms with Crippen LogP contribution >= 0.6 is 0 Å². The van der Waals surface area contributed by atoms with Crippen molar-refractivity contribution in [3.63, 3.8) is 0 Å². The fourth-order valence-corrected chi connectivity index (χ4v) is 2.54. The summed E-state index contributed by atoms with van der Waals surface area (Å²) >= 11 is 0. The van der Waals surface area contributed by atoms with Gasteiger partial charge in [0.05, 0.1) is 6.54 Å². The third-order valence-corrected chi connectivity index (χ3v) is 4.08. The number of nitrogens with one attached hydrogen (secondary N) is 4. The standard InChI is InChI=1S/C22H28N4O3/c1-3-12-23-21(28)16-8-10-18(11-9-16)26-20(27)15-25-19-7-5-6-17(14-19)22(29)24-13-4-2/h5-11,14,25H,3-4,12-13,15H2,1-2H3,(H,23,28)(H,24,29)(H,26,27). The van der Waals surface area contributed by atoms with Crippen molar-refractivity contribution in [2.24, 2.45) is 0 Å². The number of hydrogen-bond acceptors (Lipinski definition) is 4. The van der Waals surface area contributed by atoms with Crippen molar-refractivity contribution in [3.05, 3.63) is 59.7 Å². The van der Waals surface area contributed by atoms with Gasteiger partial charge in [0.25, 0.3) is 11.8 Å². The summed E-state index contributed by atoms with van der Waals surface area (Å²) in [6.07, 6.45) is 1.74. The number of carbonyl (C=O) groups is 3. The third-order valence-electron chi connectivity index (χ3n) is 4.08. The molecule has 4 N–H and O–H groups in total. The van der Waals surface area contributed by atoms with Gasteiger partial charge in [-0.2, -0.15) is 0 Å². The number of rotatable bonds is 10. The molecule has 7 heteroatoms. The van der Waals surface area contributed by atoms with Crippen LogP contribution < -0.4 is 21.3 Å². The first-order valence-electron chi connectivity index (χ1n) is 9.83. The molecule has 0 saturated carbocycles. The Morgan fingerprint density at radius 1 is 0.759 bits per heavy atom. The third kappa shape index (κ3) is 7.29. The molecule has 3 amide bonds. The van der Waals surface area contributed by atoms with Crippen LogP contribution in [0.3, 0.4) is 0 Å². The molecule has 0 fully saturated rings. The molecule has 2 aromatic rings. The number of amides is 3. The smallest absolute Gasteiger partial charge is 0.251 e. The van der Waals surface area contributed by atoms with Crippen molar-refractivity contribution in [2.45, 2.75) is 26.7 Å². The first kappa shape index (κ1) is 21.9. The Hall–Kier alpha value is -3.35. The lowest BCUT2D eigenvalue weighted by molar-refractivity contribution is -0.114. The second kappa shape index (κ2) is 11.5. The largest absolute Gasteiger partial charge is 0.376 e. The molecule has 0 aliphatic rings. The summed E-state index contributed by atoms with van der Waals surface area (Å²) in [5.74, 6) is -0.494. The summed E-state index contributed by atoms with van der Waals surface area (Å²) in [6.45, 7) is 5.29. The van der Waals surface area contributed by atoms with Crippen molar-refractivity contribution < 1.29 is 14.4 Å². The summed E-state index contributed by atoms with van der Waals surface area (Å²) in [7, 11) is 0. The maximum atomic E-state index is 12.2. The highest BCUT2D eigenvalue weighted by atomic mass is 16.2. The van der Waals surface area contributed by atoms with E-state index < -0.39 is 0 Å². The molecule has 0 aliphatic carbocycles. The van der Waals surface area contributed by atoms with Crippen LogP contribution in [-0.2, 0) is 4.79 Å². The summed E-state index contributed by atoms with van der Waals surface area (Å²) in [6, 6.07) is 13.7. The maximum Gasteiger partial charge on any atom is 0.251 e. The predicted molar refractivity (Wildman–Crippen MR) is 115 cm³/mol. The number of hydrogen-bond donors (Lipinski definition) is 4. The van der Waals surface area contributed by atoms with E-state index in [-0.39, 0.29) is 24.3 Å². The zero-order valence-corrected chi connectivity index (χ0v) is 16.9. The predicted octanol–water partition coefficient (Wildman–Crippen LogP) is 3.02. The minimum Gasteiger partial charge on any atom is -0.376 e. The lowest BCUT2D eigenvalue weighted by Gasteiger charge is -2.10. The van der Waals surface area contributed by atoms with Crippen molar-refractivity contribution in [2.75, 3.05) is 30.3 Å². The number of benzene rings is 2. The Bertz CT molecular complexity index is 834. The van der Waals surface area contributed by atoms with Crippen molar-refractivity contribution in [1.29, 1.82) is 0 Å². The topological polar surface area (TPSA) is 99.3 Å². The van der Waals surface area contributed by atoms with Crippen LogP contribution in [0.1, 0.15) is 47.4 Å². The van der Waals surface area contributed by atoms with E-state index >= 15 is 0 Å². The zero-order valence-electron chi connectivity index (χ0n) is 16.9. The molecule has 0 bridgehead atoms. The molecule has 2 aromatic carbocycles. The van der Waals surface area contributed by atoms with Gasteiger partial charge in [-0.15, -0.1) is 0 Å². The van der Waals surface area contributed by atoms with Gasteiger partial charge in [-0.1, -0.05) is 19.9 Å². The highest BCUT2D eigenvalue weighted by Crippen LogP contribution is 2.12. The van der Waals surface area contributed by atoms with Crippen molar-refractivity contribution >= 4 is 29.1 Å². The quantitative estimate of drug-likeness (QED) is 0.496. The average molecular weight is 396 g/mol. The second-order valence-corrected chi connectivity index (χ2v) is 6.57. The molecule has 29 heavy (non-hydrogen) atoms. The lowest BCUT2D eigenvalue weighted by atomic mass is 10.2. The molecule has 0 spiro atoms. The van der Waals surface area contributed by atoms with Crippen LogP contribution in [0.5, 0.6) is 0 Å². The minimum absolute atomic E-state index is 0.0543. The van der Waals surface area contributed by atoms with E-state index in [9.17, 15) is 14.4 Å². The van der Waals surface area contributed by atoms with Crippen LogP contribution in [0, 0.1) is 0 Å². The Morgan fingerprint density at radius 2 is 1.38 bits per heavy atom. The van der Waals surface area contributed by atoms with Gasteiger partial charge in [-0.25, -0.2) is 0 Å². The van der Waals surface area contributed by atoms with Crippen LogP contribution in [0.15, 0.2) is 48.5 Å². The van der Waals surface area contributed by atoms with E-state index in [0.29, 0.717) is 35.6 Å². The fourth-order valence-electron chi connectivity index (χ4n) is 2.54. The molecule has 0 heterocycles. The van der Waals surface area contributed by atoms with E-state index in [4.69, 9.17) is 0 Å². The molecule has 154 valence electrons. The van der Waals surface area contributed by atoms with E-state index in [1.807, 2.05) is 13.8 Å². The average Bonchev–Trinajstić information content (AvgIpc) is 2.75. The van der Waals surface area contributed by atoms with Gasteiger partial charge < -0.3 is 21.3 Å². The van der Waals surface area contributed by atoms with E-state index in [2.05, 4.69) is 21.3 Å². The minimum atomic E-state index is -0.228. The molecule has 0 unspecified atom stereocenters. The summed E-state index contributed by atoms with van der Waals surface area (Å²) in [5.41, 5.74) is 2.39. The number of anilines is 2. The van der Waals surface area contributed by atoms with E-state index in [1.165, 1.54) is 0 Å². The zero-order chi connectivity index (χ0) is 21.1. The Balaban J connectivity index is 1.85. The van der Waals surface area contributed by atoms with Crippen LogP contribution in [-0.4, -0.2) is 37.4 Å². The van der Waals surface area contributed by atoms with Gasteiger partial charge in [0.2, 0.25) is 5.91 Å². The van der Waals surface area contributed by atoms with Gasteiger partial charge in [0.1, 0.15) is 0 Å². The van der Waals surface area contributed by atoms with Gasteiger partial charge in [-0.05, 0) is 55.3 Å². The molecule has 0 aliphatic heterocycles. The number of carbonyl (C=O) groups excluding carboxylic acids is 3. The van der Waals surface area contributed by atoms with Crippen molar-refractivity contribution in [1.82, 2.24) is 10.6 Å². The molecule has 7 nitrogen and oxygen atoms in total. The molecular formula is C22H28N4O3. The van der Waals surface area contributed by atoms with E-state index in [0.717, 1.165) is 12.8 Å². The van der Waals surface area contributed by atoms with Gasteiger partial charge in [0, 0.05) is 35.6 Å². The van der Waals surface area contributed by atoms with Crippen LogP contribution in [0.4, 0.5) is 11.4 Å². The summed E-state index contributed by atoms with van der Waals surface area (Å²) in [5, 5.41) is 11.4. The van der Waals surface area contributed by atoms with Gasteiger partial charge in [-0.3, -0.25) is 14.4 Å². The molecular weight excluding hydrogens is 368 g/mol. The highest BCUT2D eigenvalue weighted by molar-refractivity contribution is 5.97. The molecule has 0 saturated heterocycles. The monoisotopic (exact) mass is 396 g/mol. The molecule has 0 radical (unpaired) electrons. The highest BCUT2D eigenvalue weighted by Gasteiger charge is 2.08. The Morgan fingerprint density at radius 3 is 2.00 bits per heavy atom. The molecule has 0 atom stereocenters. The first-order chi connectivity index (χ1) is 14.0. The maximum absolute atomic E-state index is 12.2. The SMILES string of the molecule is CCCNC(=O)c1ccc(NC(=O)CNc2cccc(C(=O)NCCC)c2)cc1. The fraction of sp³-hybridized carbons (Fsp3) is 0.318. The van der Waals surface area contributed by atoms with Crippen LogP contribution in [0.25, 0.3) is 0 Å². The normalized spacial score (nSPS) is 10.1. The summed E-state index contributed by atoms with van der Waals surface area (Å²) in [4.78, 5) is 36.1. The Labute approximate surface area is 171 Å². The second-order valence-electron chi connectivity index (χ2n) is 6.57. The molecule has 0 aromatic heterocycles.